The van der Waals surface area contributed by atoms with Crippen LogP contribution < -0.4 is 5.32 Å². The zero-order chi connectivity index (χ0) is 21.5. The van der Waals surface area contributed by atoms with Gasteiger partial charge in [0.05, 0.1) is 24.7 Å². The summed E-state index contributed by atoms with van der Waals surface area (Å²) in [7, 11) is 0. The molecule has 156 valence electrons. The molecule has 2 atom stereocenters. The molecule has 0 bridgehead atoms. The summed E-state index contributed by atoms with van der Waals surface area (Å²) >= 11 is 0. The molecule has 5 nitrogen and oxygen atoms in total. The van der Waals surface area contributed by atoms with E-state index in [0.717, 1.165) is 16.8 Å². The summed E-state index contributed by atoms with van der Waals surface area (Å²) in [6, 6.07) is 19.2. The Morgan fingerprint density at radius 3 is 2.10 bits per heavy atom. The van der Waals surface area contributed by atoms with Gasteiger partial charge in [-0.05, 0) is 44.5 Å². The first-order valence-corrected chi connectivity index (χ1v) is 10.2. The first-order valence-electron chi connectivity index (χ1n) is 10.2. The summed E-state index contributed by atoms with van der Waals surface area (Å²) < 4.78 is 10.8. The van der Waals surface area contributed by atoms with Crippen molar-refractivity contribution in [1.82, 2.24) is 0 Å². The van der Waals surface area contributed by atoms with Gasteiger partial charge in [-0.15, -0.1) is 0 Å². The Bertz CT molecular complexity index is 948. The molecule has 2 aromatic rings. The van der Waals surface area contributed by atoms with Crippen LogP contribution in [0.15, 0.2) is 83.6 Å². The zero-order valence-electron chi connectivity index (χ0n) is 17.6. The summed E-state index contributed by atoms with van der Waals surface area (Å²) in [6.07, 6.45) is 1.85. The molecule has 0 saturated carbocycles. The molecule has 0 radical (unpaired) electrons. The van der Waals surface area contributed by atoms with Gasteiger partial charge in [-0.1, -0.05) is 54.1 Å². The predicted octanol–water partition coefficient (Wildman–Crippen LogP) is 4.84. The number of hydrogen-bond donors (Lipinski definition) is 1. The number of hydrogen-bond acceptors (Lipinski definition) is 5. The average Bonchev–Trinajstić information content (AvgIpc) is 2.75. The lowest BCUT2D eigenvalue weighted by Gasteiger charge is -2.33. The lowest BCUT2D eigenvalue weighted by Crippen LogP contribution is -2.34. The van der Waals surface area contributed by atoms with Crippen LogP contribution in [0.1, 0.15) is 32.3 Å². The molecular weight excluding hydrogens is 378 g/mol. The monoisotopic (exact) mass is 405 g/mol. The van der Waals surface area contributed by atoms with Gasteiger partial charge in [0, 0.05) is 17.3 Å². The Hall–Kier alpha value is -3.34. The van der Waals surface area contributed by atoms with Crippen LogP contribution in [0.25, 0.3) is 0 Å². The van der Waals surface area contributed by atoms with Gasteiger partial charge in [0.1, 0.15) is 0 Å². The van der Waals surface area contributed by atoms with E-state index < -0.39 is 17.8 Å². The SMILES string of the molecule is CCOC(=O)C1=C(Nc2ccccc2)C=C(C)C(C(=O)OCC)C1c1ccccc1. The molecule has 1 aliphatic rings. The smallest absolute Gasteiger partial charge is 0.336 e. The van der Waals surface area contributed by atoms with Crippen molar-refractivity contribution in [2.24, 2.45) is 5.92 Å². The second kappa shape index (κ2) is 9.92. The van der Waals surface area contributed by atoms with Crippen LogP contribution in [0, 0.1) is 5.92 Å². The summed E-state index contributed by atoms with van der Waals surface area (Å²) in [5, 5.41) is 3.34. The standard InChI is InChI=1S/C25H27NO4/c1-4-29-24(27)21-17(3)16-20(26-19-14-10-7-11-15-19)23(25(28)30-5-2)22(21)18-12-8-6-9-13-18/h6-16,21-22,26H,4-5H2,1-3H3. The maximum atomic E-state index is 13.1. The van der Waals surface area contributed by atoms with Gasteiger partial charge in [0.15, 0.2) is 0 Å². The maximum absolute atomic E-state index is 13.1. The van der Waals surface area contributed by atoms with Gasteiger partial charge in [-0.25, -0.2) is 4.79 Å². The number of nitrogens with one attached hydrogen (secondary N) is 1. The average molecular weight is 405 g/mol. The summed E-state index contributed by atoms with van der Waals surface area (Å²) in [5.41, 5.74) is 3.59. The van der Waals surface area contributed by atoms with Crippen molar-refractivity contribution in [3.8, 4) is 0 Å². The van der Waals surface area contributed by atoms with Gasteiger partial charge < -0.3 is 14.8 Å². The molecule has 0 heterocycles. The summed E-state index contributed by atoms with van der Waals surface area (Å²) in [6.45, 7) is 5.97. The van der Waals surface area contributed by atoms with Gasteiger partial charge in [0.2, 0.25) is 0 Å². The van der Waals surface area contributed by atoms with Gasteiger partial charge in [0.25, 0.3) is 0 Å². The van der Waals surface area contributed by atoms with Crippen molar-refractivity contribution in [2.75, 3.05) is 18.5 Å². The number of anilines is 1. The van der Waals surface area contributed by atoms with Crippen molar-refractivity contribution >= 4 is 17.6 Å². The number of para-hydroxylation sites is 1. The third kappa shape index (κ3) is 4.62. The predicted molar refractivity (Wildman–Crippen MR) is 117 cm³/mol. The largest absolute Gasteiger partial charge is 0.466 e. The Morgan fingerprint density at radius 1 is 0.900 bits per heavy atom. The van der Waals surface area contributed by atoms with Crippen LogP contribution in [0.5, 0.6) is 0 Å². The fourth-order valence-electron chi connectivity index (χ4n) is 3.79. The lowest BCUT2D eigenvalue weighted by atomic mass is 9.73. The van der Waals surface area contributed by atoms with Gasteiger partial charge in [-0.2, -0.15) is 0 Å². The van der Waals surface area contributed by atoms with E-state index in [9.17, 15) is 9.59 Å². The van der Waals surface area contributed by atoms with E-state index in [1.165, 1.54) is 0 Å². The quantitative estimate of drug-likeness (QED) is 0.668. The van der Waals surface area contributed by atoms with Gasteiger partial charge in [-0.3, -0.25) is 4.79 Å². The fourth-order valence-corrected chi connectivity index (χ4v) is 3.79. The molecule has 1 N–H and O–H groups in total. The highest BCUT2D eigenvalue weighted by atomic mass is 16.5. The highest BCUT2D eigenvalue weighted by molar-refractivity contribution is 5.95. The zero-order valence-corrected chi connectivity index (χ0v) is 17.6. The molecule has 3 rings (SSSR count). The number of allylic oxidation sites excluding steroid dienone is 1. The molecule has 1 aliphatic carbocycles. The molecule has 0 amide bonds. The topological polar surface area (TPSA) is 64.6 Å². The third-order valence-electron chi connectivity index (χ3n) is 5.04. The van der Waals surface area contributed by atoms with Crippen LogP contribution in [0.2, 0.25) is 0 Å². The highest BCUT2D eigenvalue weighted by Crippen LogP contribution is 2.43. The number of rotatable bonds is 7. The van der Waals surface area contributed by atoms with Crippen LogP contribution in [-0.2, 0) is 19.1 Å². The minimum Gasteiger partial charge on any atom is -0.466 e. The van der Waals surface area contributed by atoms with E-state index in [1.54, 1.807) is 13.8 Å². The normalized spacial score (nSPS) is 18.4. The lowest BCUT2D eigenvalue weighted by molar-refractivity contribution is -0.147. The second-order valence-corrected chi connectivity index (χ2v) is 7.05. The molecule has 30 heavy (non-hydrogen) atoms. The Labute approximate surface area is 177 Å². The molecule has 2 aromatic carbocycles. The minimum absolute atomic E-state index is 0.245. The van der Waals surface area contributed by atoms with E-state index in [1.807, 2.05) is 73.7 Å². The Balaban J connectivity index is 2.18. The molecule has 0 spiro atoms. The van der Waals surface area contributed by atoms with Crippen molar-refractivity contribution < 1.29 is 19.1 Å². The van der Waals surface area contributed by atoms with E-state index in [2.05, 4.69) is 5.32 Å². The van der Waals surface area contributed by atoms with E-state index in [-0.39, 0.29) is 19.2 Å². The first-order chi connectivity index (χ1) is 14.6. The number of ether oxygens (including phenoxy) is 2. The Kier molecular flexibility index (Phi) is 7.07. The van der Waals surface area contributed by atoms with Crippen LogP contribution in [0.4, 0.5) is 5.69 Å². The highest BCUT2D eigenvalue weighted by Gasteiger charge is 2.42. The molecule has 0 saturated heterocycles. The second-order valence-electron chi connectivity index (χ2n) is 7.05. The minimum atomic E-state index is -0.604. The van der Waals surface area contributed by atoms with Crippen molar-refractivity contribution in [3.05, 3.63) is 89.1 Å². The van der Waals surface area contributed by atoms with Crippen molar-refractivity contribution in [3.63, 3.8) is 0 Å². The van der Waals surface area contributed by atoms with E-state index >= 15 is 0 Å². The molecule has 5 heteroatoms. The van der Waals surface area contributed by atoms with Gasteiger partial charge >= 0.3 is 11.9 Å². The molecule has 0 aliphatic heterocycles. The Morgan fingerprint density at radius 2 is 1.50 bits per heavy atom. The van der Waals surface area contributed by atoms with Crippen LogP contribution >= 0.6 is 0 Å². The molecular formula is C25H27NO4. The third-order valence-corrected chi connectivity index (χ3v) is 5.04. The number of carbonyl (C=O) groups excluding carboxylic acids is 2. The molecule has 0 fully saturated rings. The van der Waals surface area contributed by atoms with Crippen LogP contribution in [-0.4, -0.2) is 25.2 Å². The number of benzene rings is 2. The number of esters is 2. The van der Waals surface area contributed by atoms with Crippen molar-refractivity contribution in [1.29, 1.82) is 0 Å². The molecule has 2 unspecified atom stereocenters. The van der Waals surface area contributed by atoms with E-state index in [4.69, 9.17) is 9.47 Å². The van der Waals surface area contributed by atoms with E-state index in [0.29, 0.717) is 11.3 Å². The summed E-state index contributed by atoms with van der Waals surface area (Å²) in [4.78, 5) is 26.0. The fraction of sp³-hybridized carbons (Fsp3) is 0.280. The summed E-state index contributed by atoms with van der Waals surface area (Å²) in [5.74, 6) is -1.91. The van der Waals surface area contributed by atoms with Crippen molar-refractivity contribution in [2.45, 2.75) is 26.7 Å². The maximum Gasteiger partial charge on any atom is 0.336 e. The molecule has 0 aromatic heterocycles. The number of carbonyl (C=O) groups is 2. The first kappa shape index (κ1) is 21.4. The van der Waals surface area contributed by atoms with Crippen LogP contribution in [0.3, 0.4) is 0 Å².